The van der Waals surface area contributed by atoms with Crippen LogP contribution in [0.1, 0.15) is 17.3 Å². The zero-order valence-corrected chi connectivity index (χ0v) is 11.1. The molecular weight excluding hydrogens is 366 g/mol. The highest BCUT2D eigenvalue weighted by molar-refractivity contribution is 14.1. The standard InChI is InChI=1S/C9H7BrFIO2/c1-2-14-9(13)5-3-8(12)7(11)4-6(5)10/h3-4H,2H2,1H3. The number of benzene rings is 1. The van der Waals surface area contributed by atoms with E-state index < -0.39 is 5.97 Å². The Balaban J connectivity index is 3.09. The monoisotopic (exact) mass is 372 g/mol. The fourth-order valence-corrected chi connectivity index (χ4v) is 1.83. The second-order valence-electron chi connectivity index (χ2n) is 2.47. The molecule has 14 heavy (non-hydrogen) atoms. The van der Waals surface area contributed by atoms with Gasteiger partial charge in [-0.15, -0.1) is 0 Å². The van der Waals surface area contributed by atoms with Crippen molar-refractivity contribution in [1.29, 1.82) is 0 Å². The van der Waals surface area contributed by atoms with Crippen LogP contribution in [-0.2, 0) is 4.74 Å². The van der Waals surface area contributed by atoms with Crippen LogP contribution in [0.3, 0.4) is 0 Å². The van der Waals surface area contributed by atoms with E-state index in [0.29, 0.717) is 20.2 Å². The largest absolute Gasteiger partial charge is 0.462 e. The van der Waals surface area contributed by atoms with E-state index in [9.17, 15) is 9.18 Å². The summed E-state index contributed by atoms with van der Waals surface area (Å²) in [5, 5.41) is 0. The number of ether oxygens (including phenoxy) is 1. The summed E-state index contributed by atoms with van der Waals surface area (Å²) >= 11 is 4.93. The Labute approximate surface area is 103 Å². The minimum absolute atomic E-state index is 0.305. The van der Waals surface area contributed by atoms with E-state index in [4.69, 9.17) is 4.74 Å². The molecule has 0 amide bonds. The van der Waals surface area contributed by atoms with Crippen molar-refractivity contribution in [3.8, 4) is 0 Å². The Morgan fingerprint density at radius 1 is 1.64 bits per heavy atom. The first-order chi connectivity index (χ1) is 6.56. The van der Waals surface area contributed by atoms with Gasteiger partial charge in [0.15, 0.2) is 0 Å². The van der Waals surface area contributed by atoms with Crippen molar-refractivity contribution in [3.05, 3.63) is 31.6 Å². The number of hydrogen-bond acceptors (Lipinski definition) is 2. The molecule has 0 radical (unpaired) electrons. The molecule has 5 heteroatoms. The summed E-state index contributed by atoms with van der Waals surface area (Å²) in [5.74, 6) is -0.803. The Bertz CT molecular complexity index is 368. The zero-order chi connectivity index (χ0) is 10.7. The molecule has 0 saturated heterocycles. The minimum Gasteiger partial charge on any atom is -0.462 e. The predicted molar refractivity (Wildman–Crippen MR) is 62.8 cm³/mol. The Kier molecular flexibility index (Phi) is 4.31. The van der Waals surface area contributed by atoms with E-state index in [1.54, 1.807) is 6.92 Å². The van der Waals surface area contributed by atoms with Gasteiger partial charge in [0.2, 0.25) is 0 Å². The van der Waals surface area contributed by atoms with Crippen LogP contribution in [0, 0.1) is 9.39 Å². The van der Waals surface area contributed by atoms with Gasteiger partial charge in [-0.05, 0) is 57.6 Å². The van der Waals surface area contributed by atoms with E-state index in [2.05, 4.69) is 15.9 Å². The first-order valence-electron chi connectivity index (χ1n) is 3.88. The highest BCUT2D eigenvalue weighted by Gasteiger charge is 2.13. The van der Waals surface area contributed by atoms with Crippen LogP contribution in [0.25, 0.3) is 0 Å². The van der Waals surface area contributed by atoms with Crippen LogP contribution in [0.5, 0.6) is 0 Å². The van der Waals surface area contributed by atoms with E-state index in [-0.39, 0.29) is 5.82 Å². The number of carbonyl (C=O) groups excluding carboxylic acids is 1. The van der Waals surface area contributed by atoms with Crippen molar-refractivity contribution in [1.82, 2.24) is 0 Å². The van der Waals surface area contributed by atoms with Crippen molar-refractivity contribution in [2.75, 3.05) is 6.61 Å². The number of esters is 1. The lowest BCUT2D eigenvalue weighted by atomic mass is 10.2. The molecule has 0 bridgehead atoms. The molecule has 76 valence electrons. The fraction of sp³-hybridized carbons (Fsp3) is 0.222. The first kappa shape index (κ1) is 11.9. The maximum atomic E-state index is 13.0. The summed E-state index contributed by atoms with van der Waals surface area (Å²) in [6.07, 6.45) is 0. The van der Waals surface area contributed by atoms with E-state index in [1.165, 1.54) is 12.1 Å². The molecule has 1 rings (SSSR count). The SMILES string of the molecule is CCOC(=O)c1cc(I)c(F)cc1Br. The van der Waals surface area contributed by atoms with Crippen molar-refractivity contribution in [2.45, 2.75) is 6.92 Å². The lowest BCUT2D eigenvalue weighted by molar-refractivity contribution is 0.0525. The van der Waals surface area contributed by atoms with E-state index >= 15 is 0 Å². The lowest BCUT2D eigenvalue weighted by Gasteiger charge is -2.05. The van der Waals surface area contributed by atoms with Crippen LogP contribution in [0.15, 0.2) is 16.6 Å². The summed E-state index contributed by atoms with van der Waals surface area (Å²) < 4.78 is 18.6. The molecule has 0 unspecified atom stereocenters. The average molecular weight is 373 g/mol. The third kappa shape index (κ3) is 2.66. The van der Waals surface area contributed by atoms with Gasteiger partial charge in [0, 0.05) is 8.04 Å². The third-order valence-corrected chi connectivity index (χ3v) is 2.99. The quantitative estimate of drug-likeness (QED) is 0.452. The van der Waals surface area contributed by atoms with Crippen LogP contribution in [0.2, 0.25) is 0 Å². The average Bonchev–Trinajstić information content (AvgIpc) is 2.11. The molecule has 0 spiro atoms. The molecule has 1 aromatic rings. The summed E-state index contributed by atoms with van der Waals surface area (Å²) in [6.45, 7) is 2.03. The van der Waals surface area contributed by atoms with Gasteiger partial charge < -0.3 is 4.74 Å². The highest BCUT2D eigenvalue weighted by Crippen LogP contribution is 2.23. The van der Waals surface area contributed by atoms with E-state index in [1.807, 2.05) is 22.6 Å². The molecule has 0 aliphatic heterocycles. The van der Waals surface area contributed by atoms with Gasteiger partial charge in [0.25, 0.3) is 0 Å². The van der Waals surface area contributed by atoms with Gasteiger partial charge in [-0.3, -0.25) is 0 Å². The first-order valence-corrected chi connectivity index (χ1v) is 5.75. The highest BCUT2D eigenvalue weighted by atomic mass is 127. The summed E-state index contributed by atoms with van der Waals surface area (Å²) in [7, 11) is 0. The molecule has 0 N–H and O–H groups in total. The summed E-state index contributed by atoms with van der Waals surface area (Å²) in [5.41, 5.74) is 0.345. The second kappa shape index (κ2) is 5.06. The molecule has 1 aromatic carbocycles. The number of rotatable bonds is 2. The second-order valence-corrected chi connectivity index (χ2v) is 4.48. The van der Waals surface area contributed by atoms with Gasteiger partial charge in [0.1, 0.15) is 5.82 Å². The topological polar surface area (TPSA) is 26.3 Å². The van der Waals surface area contributed by atoms with Crippen LogP contribution < -0.4 is 0 Å². The zero-order valence-electron chi connectivity index (χ0n) is 7.31. The smallest absolute Gasteiger partial charge is 0.339 e. The molecule has 0 aromatic heterocycles. The Morgan fingerprint density at radius 2 is 2.29 bits per heavy atom. The van der Waals surface area contributed by atoms with Crippen molar-refractivity contribution in [3.63, 3.8) is 0 Å². The molecule has 0 saturated carbocycles. The van der Waals surface area contributed by atoms with Gasteiger partial charge in [-0.25, -0.2) is 9.18 Å². The van der Waals surface area contributed by atoms with Crippen molar-refractivity contribution >= 4 is 44.5 Å². The maximum Gasteiger partial charge on any atom is 0.339 e. The van der Waals surface area contributed by atoms with Crippen LogP contribution in [-0.4, -0.2) is 12.6 Å². The lowest BCUT2D eigenvalue weighted by Crippen LogP contribution is -2.06. The van der Waals surface area contributed by atoms with Gasteiger partial charge in [0.05, 0.1) is 12.2 Å². The Hall–Kier alpha value is -0.170. The number of carbonyl (C=O) groups is 1. The fourth-order valence-electron chi connectivity index (χ4n) is 0.888. The maximum absolute atomic E-state index is 13.0. The van der Waals surface area contributed by atoms with Crippen molar-refractivity contribution < 1.29 is 13.9 Å². The number of halogens is 3. The van der Waals surface area contributed by atoms with Crippen LogP contribution >= 0.6 is 38.5 Å². The van der Waals surface area contributed by atoms with Crippen LogP contribution in [0.4, 0.5) is 4.39 Å². The minimum atomic E-state index is -0.447. The van der Waals surface area contributed by atoms with Crippen molar-refractivity contribution in [2.24, 2.45) is 0 Å². The molecule has 0 atom stereocenters. The predicted octanol–water partition coefficient (Wildman–Crippen LogP) is 3.37. The number of hydrogen-bond donors (Lipinski definition) is 0. The van der Waals surface area contributed by atoms with Gasteiger partial charge >= 0.3 is 5.97 Å². The Morgan fingerprint density at radius 3 is 2.86 bits per heavy atom. The normalized spacial score (nSPS) is 10.0. The molecular formula is C9H7BrFIO2. The summed E-state index contributed by atoms with van der Waals surface area (Å²) in [6, 6.07) is 2.71. The van der Waals surface area contributed by atoms with E-state index in [0.717, 1.165) is 0 Å². The molecule has 2 nitrogen and oxygen atoms in total. The van der Waals surface area contributed by atoms with Gasteiger partial charge in [-0.2, -0.15) is 0 Å². The third-order valence-electron chi connectivity index (χ3n) is 1.51. The molecule has 0 aliphatic carbocycles. The summed E-state index contributed by atoms with van der Waals surface area (Å²) in [4.78, 5) is 11.4. The molecule has 0 heterocycles. The van der Waals surface area contributed by atoms with Gasteiger partial charge in [-0.1, -0.05) is 0 Å². The molecule has 0 aliphatic rings. The molecule has 0 fully saturated rings.